The quantitative estimate of drug-likeness (QED) is 0.782. The monoisotopic (exact) mass is 384 g/mol. The third-order valence-corrected chi connectivity index (χ3v) is 5.40. The van der Waals surface area contributed by atoms with E-state index in [0.717, 1.165) is 12.8 Å². The Morgan fingerprint density at radius 3 is 2.65 bits per heavy atom. The molecule has 1 heterocycles. The number of methoxy groups -OCH3 is 2. The normalized spacial score (nSPS) is 24.5. The molecule has 2 aliphatic rings. The number of benzene rings is 1. The number of nitrogens with one attached hydrogen (secondary N) is 1. The van der Waals surface area contributed by atoms with Gasteiger partial charge in [0.2, 0.25) is 5.91 Å². The van der Waals surface area contributed by atoms with Crippen LogP contribution < -0.4 is 14.8 Å². The Morgan fingerprint density at radius 1 is 1.31 bits per heavy atom. The lowest BCUT2D eigenvalue weighted by atomic mass is 9.81. The number of hydrogen-bond acceptors (Lipinski definition) is 5. The van der Waals surface area contributed by atoms with E-state index in [1.54, 1.807) is 25.3 Å². The summed E-state index contributed by atoms with van der Waals surface area (Å²) in [5.74, 6) is 0.404. The molecule has 7 nitrogen and oxygen atoms in total. The van der Waals surface area contributed by atoms with Gasteiger partial charge in [0.15, 0.2) is 11.5 Å². The first-order valence-electron chi connectivity index (χ1n) is 8.46. The molecule has 1 saturated heterocycles. The molecule has 1 aromatic carbocycles. The molecule has 0 spiro atoms. The van der Waals surface area contributed by atoms with Crippen molar-refractivity contribution in [1.82, 2.24) is 4.90 Å². The standard InChI is InChI=1S/C18H24N2O5.ClH/c1-24-14-6-5-13(8-15(14)25-2)19-16(21)10-20-9-12-4-3-7-18(12,11-20)17(22)23;/h5-6,8,12H,3-4,7,9-11H2,1-2H3,(H,19,21)(H,22,23);1H/t12-,18+;/m0./s1. The molecule has 2 N–H and O–H groups in total. The molecule has 1 aromatic rings. The molecule has 8 heteroatoms. The van der Waals surface area contributed by atoms with E-state index in [0.29, 0.717) is 36.7 Å². The molecular weight excluding hydrogens is 360 g/mol. The Balaban J connectivity index is 0.00000243. The van der Waals surface area contributed by atoms with Crippen LogP contribution >= 0.6 is 12.4 Å². The highest BCUT2D eigenvalue weighted by Crippen LogP contribution is 2.48. The number of halogens is 1. The van der Waals surface area contributed by atoms with E-state index in [1.807, 2.05) is 4.90 Å². The lowest BCUT2D eigenvalue weighted by molar-refractivity contribution is -0.149. The fraction of sp³-hybridized carbons (Fsp3) is 0.556. The number of carboxylic acid groups (broad SMARTS) is 1. The van der Waals surface area contributed by atoms with Crippen molar-refractivity contribution in [3.05, 3.63) is 18.2 Å². The maximum Gasteiger partial charge on any atom is 0.311 e. The summed E-state index contributed by atoms with van der Waals surface area (Å²) in [6, 6.07) is 5.18. The summed E-state index contributed by atoms with van der Waals surface area (Å²) in [7, 11) is 3.09. The van der Waals surface area contributed by atoms with Crippen LogP contribution in [0.2, 0.25) is 0 Å². The third-order valence-electron chi connectivity index (χ3n) is 5.40. The molecule has 26 heavy (non-hydrogen) atoms. The number of carbonyl (C=O) groups excluding carboxylic acids is 1. The molecule has 0 radical (unpaired) electrons. The van der Waals surface area contributed by atoms with Crippen LogP contribution in [0.25, 0.3) is 0 Å². The highest BCUT2D eigenvalue weighted by Gasteiger charge is 2.54. The molecule has 1 amide bonds. The number of likely N-dealkylation sites (tertiary alicyclic amines) is 1. The molecule has 0 aromatic heterocycles. The van der Waals surface area contributed by atoms with Gasteiger partial charge in [0, 0.05) is 24.8 Å². The van der Waals surface area contributed by atoms with Crippen LogP contribution in [0.3, 0.4) is 0 Å². The summed E-state index contributed by atoms with van der Waals surface area (Å²) < 4.78 is 10.4. The number of aliphatic carboxylic acids is 1. The van der Waals surface area contributed by atoms with Crippen molar-refractivity contribution in [1.29, 1.82) is 0 Å². The Morgan fingerprint density at radius 2 is 2.04 bits per heavy atom. The van der Waals surface area contributed by atoms with E-state index >= 15 is 0 Å². The number of amides is 1. The van der Waals surface area contributed by atoms with Crippen LogP contribution in [0.15, 0.2) is 18.2 Å². The van der Waals surface area contributed by atoms with Crippen LogP contribution in [0.5, 0.6) is 11.5 Å². The molecule has 1 saturated carbocycles. The molecule has 2 atom stereocenters. The van der Waals surface area contributed by atoms with Gasteiger partial charge < -0.3 is 19.9 Å². The lowest BCUT2D eigenvalue weighted by Crippen LogP contribution is -2.37. The Bertz CT molecular complexity index is 684. The van der Waals surface area contributed by atoms with Crippen LogP contribution in [-0.4, -0.2) is 55.7 Å². The number of ether oxygens (including phenoxy) is 2. The van der Waals surface area contributed by atoms with Gasteiger partial charge in [0.1, 0.15) is 0 Å². The highest BCUT2D eigenvalue weighted by molar-refractivity contribution is 5.92. The second kappa shape index (κ2) is 8.14. The number of fused-ring (bicyclic) bond motifs is 1. The highest BCUT2D eigenvalue weighted by atomic mass is 35.5. The molecule has 2 fully saturated rings. The predicted molar refractivity (Wildman–Crippen MR) is 99.3 cm³/mol. The molecule has 0 unspecified atom stereocenters. The lowest BCUT2D eigenvalue weighted by Gasteiger charge is -2.23. The van der Waals surface area contributed by atoms with Crippen LogP contribution in [0.4, 0.5) is 5.69 Å². The van der Waals surface area contributed by atoms with Gasteiger partial charge in [-0.15, -0.1) is 12.4 Å². The fourth-order valence-corrected chi connectivity index (χ4v) is 4.18. The zero-order valence-electron chi connectivity index (χ0n) is 15.0. The minimum Gasteiger partial charge on any atom is -0.493 e. The topological polar surface area (TPSA) is 88.1 Å². The van der Waals surface area contributed by atoms with Crippen molar-refractivity contribution in [3.8, 4) is 11.5 Å². The molecular formula is C18H25ClN2O5. The van der Waals surface area contributed by atoms with Gasteiger partial charge in [-0.3, -0.25) is 14.5 Å². The summed E-state index contributed by atoms with van der Waals surface area (Å²) in [5, 5.41) is 12.5. The van der Waals surface area contributed by atoms with E-state index in [1.165, 1.54) is 7.11 Å². The van der Waals surface area contributed by atoms with Gasteiger partial charge in [-0.05, 0) is 30.9 Å². The zero-order chi connectivity index (χ0) is 18.0. The Labute approximate surface area is 159 Å². The van der Waals surface area contributed by atoms with Gasteiger partial charge in [-0.1, -0.05) is 6.42 Å². The molecule has 0 bridgehead atoms. The van der Waals surface area contributed by atoms with Crippen molar-refractivity contribution in [3.63, 3.8) is 0 Å². The van der Waals surface area contributed by atoms with Crippen molar-refractivity contribution in [2.45, 2.75) is 19.3 Å². The minimum atomic E-state index is -0.724. The maximum absolute atomic E-state index is 12.3. The zero-order valence-corrected chi connectivity index (χ0v) is 15.8. The van der Waals surface area contributed by atoms with Crippen LogP contribution in [-0.2, 0) is 9.59 Å². The number of rotatable bonds is 6. The Hall–Kier alpha value is -1.99. The van der Waals surface area contributed by atoms with E-state index < -0.39 is 11.4 Å². The van der Waals surface area contributed by atoms with E-state index in [4.69, 9.17) is 9.47 Å². The summed E-state index contributed by atoms with van der Waals surface area (Å²) in [4.78, 5) is 26.0. The van der Waals surface area contributed by atoms with Crippen LogP contribution in [0.1, 0.15) is 19.3 Å². The fourth-order valence-electron chi connectivity index (χ4n) is 4.18. The number of carboxylic acids is 1. The number of hydrogen-bond donors (Lipinski definition) is 2. The average Bonchev–Trinajstić information content (AvgIpc) is 3.12. The van der Waals surface area contributed by atoms with Crippen molar-refractivity contribution in [2.75, 3.05) is 39.2 Å². The molecule has 3 rings (SSSR count). The summed E-state index contributed by atoms with van der Waals surface area (Å²) in [6.07, 6.45) is 2.60. The van der Waals surface area contributed by atoms with Crippen LogP contribution in [0, 0.1) is 11.3 Å². The van der Waals surface area contributed by atoms with E-state index in [2.05, 4.69) is 5.32 Å². The summed E-state index contributed by atoms with van der Waals surface area (Å²) >= 11 is 0. The smallest absolute Gasteiger partial charge is 0.311 e. The molecule has 1 aliphatic heterocycles. The third kappa shape index (κ3) is 3.73. The van der Waals surface area contributed by atoms with Gasteiger partial charge in [-0.2, -0.15) is 0 Å². The number of anilines is 1. The van der Waals surface area contributed by atoms with Gasteiger partial charge in [0.25, 0.3) is 0 Å². The van der Waals surface area contributed by atoms with Crippen molar-refractivity contribution < 1.29 is 24.2 Å². The van der Waals surface area contributed by atoms with Crippen molar-refractivity contribution >= 4 is 30.0 Å². The number of nitrogens with zero attached hydrogens (tertiary/aromatic N) is 1. The summed E-state index contributed by atoms with van der Waals surface area (Å²) in [5.41, 5.74) is -0.0427. The summed E-state index contributed by atoms with van der Waals surface area (Å²) in [6.45, 7) is 1.32. The molecule has 144 valence electrons. The van der Waals surface area contributed by atoms with Gasteiger partial charge in [-0.25, -0.2) is 0 Å². The second-order valence-electron chi connectivity index (χ2n) is 6.84. The van der Waals surface area contributed by atoms with Gasteiger partial charge in [0.05, 0.1) is 26.2 Å². The van der Waals surface area contributed by atoms with Gasteiger partial charge >= 0.3 is 5.97 Å². The predicted octanol–water partition coefficient (Wildman–Crippen LogP) is 2.25. The largest absolute Gasteiger partial charge is 0.493 e. The van der Waals surface area contributed by atoms with Crippen molar-refractivity contribution in [2.24, 2.45) is 11.3 Å². The first-order chi connectivity index (χ1) is 12.0. The number of carbonyl (C=O) groups is 2. The SMILES string of the molecule is COc1ccc(NC(=O)CN2C[C@@H]3CCC[C@@]3(C(=O)O)C2)cc1OC.Cl. The van der Waals surface area contributed by atoms with E-state index in [9.17, 15) is 14.7 Å². The minimum absolute atomic E-state index is 0. The second-order valence-corrected chi connectivity index (χ2v) is 6.84. The first kappa shape index (κ1) is 20.3. The maximum atomic E-state index is 12.3. The first-order valence-corrected chi connectivity index (χ1v) is 8.46. The average molecular weight is 385 g/mol. The molecule has 1 aliphatic carbocycles. The van der Waals surface area contributed by atoms with E-state index in [-0.39, 0.29) is 30.8 Å². The Kier molecular flexibility index (Phi) is 6.36.